The molecule has 3 aromatic heterocycles. The number of fused-ring (bicyclic) bond motifs is 9. The minimum absolute atomic E-state index is 0.652. The first-order valence-corrected chi connectivity index (χ1v) is 27.0. The van der Waals surface area contributed by atoms with Crippen molar-refractivity contribution in [3.8, 4) is 34.3 Å². The van der Waals surface area contributed by atoms with Crippen molar-refractivity contribution in [2.24, 2.45) is 0 Å². The number of nitrogens with zero attached hydrogens (tertiary/aromatic N) is 4. The molecule has 0 saturated heterocycles. The van der Waals surface area contributed by atoms with Crippen LogP contribution in [0.1, 0.15) is 5.56 Å². The zero-order valence-corrected chi connectivity index (χ0v) is 40.4. The van der Waals surface area contributed by atoms with Gasteiger partial charge in [0.2, 0.25) is 0 Å². The van der Waals surface area contributed by atoms with Crippen molar-refractivity contribution in [2.75, 3.05) is 0 Å². The maximum absolute atomic E-state index is 9.63. The van der Waals surface area contributed by atoms with Crippen LogP contribution in [0, 0.1) is 11.3 Å². The van der Waals surface area contributed by atoms with E-state index in [2.05, 4.69) is 275 Å². The molecule has 0 saturated carbocycles. The topological polar surface area (TPSA) is 38.6 Å². The SMILES string of the molecule is N#Cc1ccc(-c2ccc([SiH-](c3ccccc3)(c3ccccc3)c3cc(-n4c5ccccc5c5ccccc54)c(-n4c5ccccc5c5ccccc54)c(-n4c5ccccc5c5ccccc54)c3)cc2)cc1. The minimum atomic E-state index is -3.78. The molecule has 0 fully saturated rings. The summed E-state index contributed by atoms with van der Waals surface area (Å²) in [6.07, 6.45) is 0. The second-order valence-electron chi connectivity index (χ2n) is 19.0. The molecule has 11 aromatic carbocycles. The molecule has 3 heterocycles. The Balaban J connectivity index is 1.22. The molecule has 0 N–H and O–H groups in total. The molecule has 0 amide bonds. The fraction of sp³-hybridized carbons (Fsp3) is 0. The Labute approximate surface area is 417 Å². The molecule has 4 nitrogen and oxygen atoms in total. The summed E-state index contributed by atoms with van der Waals surface area (Å²) in [5.41, 5.74) is 13.0. The van der Waals surface area contributed by atoms with E-state index in [1.54, 1.807) is 0 Å². The van der Waals surface area contributed by atoms with Gasteiger partial charge in [0.1, 0.15) is 0 Å². The van der Waals surface area contributed by atoms with Crippen LogP contribution in [-0.2, 0) is 0 Å². The Morgan fingerprint density at radius 1 is 0.278 bits per heavy atom. The summed E-state index contributed by atoms with van der Waals surface area (Å²) in [5, 5.41) is 22.1. The molecular weight excluding hydrogens is 889 g/mol. The molecule has 338 valence electrons. The molecule has 0 bridgehead atoms. The number of para-hydroxylation sites is 6. The summed E-state index contributed by atoms with van der Waals surface area (Å²) >= 11 is 0. The Morgan fingerprint density at radius 2 is 0.569 bits per heavy atom. The summed E-state index contributed by atoms with van der Waals surface area (Å²) in [6.45, 7) is 0. The van der Waals surface area contributed by atoms with Gasteiger partial charge in [0.05, 0.1) is 0 Å². The van der Waals surface area contributed by atoms with E-state index < -0.39 is 8.07 Å². The van der Waals surface area contributed by atoms with Gasteiger partial charge in [-0.2, -0.15) is 0 Å². The third-order valence-corrected chi connectivity index (χ3v) is 20.9. The summed E-state index contributed by atoms with van der Waals surface area (Å²) in [5.74, 6) is 0. The van der Waals surface area contributed by atoms with Gasteiger partial charge in [-0.05, 0) is 0 Å². The average molecular weight is 934 g/mol. The molecule has 0 aliphatic rings. The number of aromatic nitrogens is 3. The number of rotatable bonds is 8. The van der Waals surface area contributed by atoms with E-state index in [0.29, 0.717) is 5.56 Å². The van der Waals surface area contributed by atoms with Crippen LogP contribution in [0.2, 0.25) is 0 Å². The zero-order chi connectivity index (χ0) is 47.8. The van der Waals surface area contributed by atoms with Crippen LogP contribution in [0.5, 0.6) is 0 Å². The van der Waals surface area contributed by atoms with Gasteiger partial charge >= 0.3 is 420 Å². The predicted octanol–water partition coefficient (Wildman–Crippen LogP) is 13.6. The summed E-state index contributed by atoms with van der Waals surface area (Å²) < 4.78 is 7.66. The molecular formula is C67H45N4Si-. The van der Waals surface area contributed by atoms with Gasteiger partial charge < -0.3 is 0 Å². The molecule has 14 aromatic rings. The van der Waals surface area contributed by atoms with Gasteiger partial charge in [-0.1, -0.05) is 0 Å². The van der Waals surface area contributed by atoms with E-state index >= 15 is 0 Å². The van der Waals surface area contributed by atoms with E-state index in [0.717, 1.165) is 61.3 Å². The Hall–Kier alpha value is -9.47. The molecule has 0 spiro atoms. The molecule has 14 rings (SSSR count). The van der Waals surface area contributed by atoms with Crippen LogP contribution in [0.3, 0.4) is 0 Å². The van der Waals surface area contributed by atoms with Gasteiger partial charge in [-0.15, -0.1) is 0 Å². The first-order valence-electron chi connectivity index (χ1n) is 24.7. The third-order valence-electron chi connectivity index (χ3n) is 15.4. The maximum atomic E-state index is 9.63. The molecule has 0 atom stereocenters. The predicted molar refractivity (Wildman–Crippen MR) is 305 cm³/mol. The molecule has 0 aliphatic heterocycles. The Kier molecular flexibility index (Phi) is 9.57. The van der Waals surface area contributed by atoms with E-state index in [-0.39, 0.29) is 0 Å². The standard InChI is InChI=1S/C67H45N4Si/c68-45-46-35-37-47(38-36-46)48-39-41-51(42-40-48)72(49-19-3-1-4-20-49,50-21-5-2-6-22-50)52-43-65(69-59-29-13-7-23-53(59)54-24-8-14-30-60(54)69)67(71-63-33-17-11-27-57(63)58-28-12-18-34-64(58)71)66(44-52)70-61-31-15-9-25-55(61)56-26-10-16-32-62(56)70/h1-44,72H/q-1. The van der Waals surface area contributed by atoms with Gasteiger partial charge in [-0.3, -0.25) is 0 Å². The van der Waals surface area contributed by atoms with E-state index in [1.165, 1.54) is 53.1 Å². The normalized spacial score (nSPS) is 12.1. The number of hydrogen-bond donors (Lipinski definition) is 0. The summed E-state index contributed by atoms with van der Waals surface area (Å²) in [6, 6.07) is 101. The van der Waals surface area contributed by atoms with Crippen molar-refractivity contribution in [3.05, 3.63) is 272 Å². The average Bonchev–Trinajstić information content (AvgIpc) is 4.10. The van der Waals surface area contributed by atoms with Crippen molar-refractivity contribution in [1.29, 1.82) is 5.26 Å². The molecule has 0 unspecified atom stereocenters. The van der Waals surface area contributed by atoms with Crippen molar-refractivity contribution >= 4 is 94.2 Å². The Bertz CT molecular complexity index is 4110. The summed E-state index contributed by atoms with van der Waals surface area (Å²) in [7, 11) is -3.78. The van der Waals surface area contributed by atoms with E-state index in [1.807, 2.05) is 12.1 Å². The molecule has 5 heteroatoms. The van der Waals surface area contributed by atoms with Crippen LogP contribution in [-0.4, -0.2) is 21.8 Å². The molecule has 0 radical (unpaired) electrons. The van der Waals surface area contributed by atoms with Gasteiger partial charge in [-0.25, -0.2) is 0 Å². The second kappa shape index (κ2) is 16.6. The molecule has 72 heavy (non-hydrogen) atoms. The summed E-state index contributed by atoms with van der Waals surface area (Å²) in [4.78, 5) is 0. The van der Waals surface area contributed by atoms with Crippen LogP contribution in [0.15, 0.2) is 267 Å². The zero-order valence-electron chi connectivity index (χ0n) is 39.3. The number of benzene rings is 11. The van der Waals surface area contributed by atoms with Crippen molar-refractivity contribution in [2.45, 2.75) is 0 Å². The first-order chi connectivity index (χ1) is 35.7. The monoisotopic (exact) mass is 933 g/mol. The van der Waals surface area contributed by atoms with Gasteiger partial charge in [0.15, 0.2) is 0 Å². The van der Waals surface area contributed by atoms with E-state index in [9.17, 15) is 5.26 Å². The second-order valence-corrected chi connectivity index (χ2v) is 23.4. The number of nitriles is 1. The van der Waals surface area contributed by atoms with Crippen molar-refractivity contribution in [3.63, 3.8) is 0 Å². The van der Waals surface area contributed by atoms with Crippen molar-refractivity contribution < 1.29 is 0 Å². The first kappa shape index (κ1) is 41.5. The van der Waals surface area contributed by atoms with Crippen LogP contribution < -0.4 is 20.7 Å². The fourth-order valence-electron chi connectivity index (χ4n) is 12.3. The van der Waals surface area contributed by atoms with Crippen LogP contribution in [0.4, 0.5) is 0 Å². The fourth-order valence-corrected chi connectivity index (χ4v) is 17.8. The quantitative estimate of drug-likeness (QED) is 0.111. The van der Waals surface area contributed by atoms with E-state index in [4.69, 9.17) is 0 Å². The van der Waals surface area contributed by atoms with Crippen LogP contribution in [0.25, 0.3) is 93.6 Å². The van der Waals surface area contributed by atoms with Crippen LogP contribution >= 0.6 is 0 Å². The molecule has 0 aliphatic carbocycles. The third kappa shape index (κ3) is 6.16. The van der Waals surface area contributed by atoms with Gasteiger partial charge in [0, 0.05) is 0 Å². The Morgan fingerprint density at radius 3 is 0.917 bits per heavy atom. The van der Waals surface area contributed by atoms with Crippen molar-refractivity contribution in [1.82, 2.24) is 13.7 Å². The van der Waals surface area contributed by atoms with Gasteiger partial charge in [0.25, 0.3) is 0 Å². The number of hydrogen-bond acceptors (Lipinski definition) is 1.